The Morgan fingerprint density at radius 3 is 1.54 bits per heavy atom. The van der Waals surface area contributed by atoms with Gasteiger partial charge in [0.2, 0.25) is 0 Å². The molecule has 0 spiro atoms. The lowest BCUT2D eigenvalue weighted by molar-refractivity contribution is -0.204. The maximum absolute atomic E-state index is 11.9. The summed E-state index contributed by atoms with van der Waals surface area (Å²) in [4.78, 5) is 23.9. The Morgan fingerprint density at radius 2 is 1.25 bits per heavy atom. The zero-order valence-corrected chi connectivity index (χ0v) is 16.7. The summed E-state index contributed by atoms with van der Waals surface area (Å²) in [6.45, 7) is 1.06. The largest absolute Gasteiger partial charge is 0.436 e. The molecule has 0 saturated carbocycles. The van der Waals surface area contributed by atoms with Crippen LogP contribution < -0.4 is 0 Å². The second-order valence-corrected chi connectivity index (χ2v) is 8.99. The van der Waals surface area contributed by atoms with E-state index in [2.05, 4.69) is 0 Å². The van der Waals surface area contributed by atoms with Gasteiger partial charge < -0.3 is 18.9 Å². The van der Waals surface area contributed by atoms with Gasteiger partial charge in [0.25, 0.3) is 0 Å². The van der Waals surface area contributed by atoms with E-state index in [1.54, 1.807) is 0 Å². The lowest BCUT2D eigenvalue weighted by Gasteiger charge is -2.36. The van der Waals surface area contributed by atoms with Gasteiger partial charge in [0.1, 0.15) is 0 Å². The van der Waals surface area contributed by atoms with E-state index < -0.39 is 41.5 Å². The van der Waals surface area contributed by atoms with Crippen LogP contribution in [0.1, 0.15) is 38.5 Å². The highest BCUT2D eigenvalue weighted by Crippen LogP contribution is 2.26. The van der Waals surface area contributed by atoms with Crippen LogP contribution >= 0.6 is 0 Å². The summed E-state index contributed by atoms with van der Waals surface area (Å²) in [5, 5.41) is 0. The molecule has 0 aromatic heterocycles. The summed E-state index contributed by atoms with van der Waals surface area (Å²) in [5.74, 6) is -1.31. The Bertz CT molecular complexity index is 434. The molecule has 2 rings (SSSR count). The molecule has 0 aromatic rings. The fourth-order valence-corrected chi connectivity index (χ4v) is 4.67. The van der Waals surface area contributed by atoms with Crippen LogP contribution in [-0.2, 0) is 28.5 Å². The summed E-state index contributed by atoms with van der Waals surface area (Å²) in [5.41, 5.74) is -1.91. The fourth-order valence-electron chi connectivity index (χ4n) is 2.79. The Hall–Kier alpha value is -0.836. The van der Waals surface area contributed by atoms with E-state index in [-0.39, 0.29) is 0 Å². The van der Waals surface area contributed by atoms with E-state index in [9.17, 15) is 9.59 Å². The third-order valence-electron chi connectivity index (χ3n) is 4.18. The SMILES string of the molecule is [B][SiH2]C1(OC(=O)/C=C\C(=O)OC2([SiH2][B])CCCCO2)CCCCO1. The molecule has 128 valence electrons. The van der Waals surface area contributed by atoms with Gasteiger partial charge >= 0.3 is 11.9 Å². The monoisotopic (exact) mass is 364 g/mol. The van der Waals surface area contributed by atoms with Crippen LogP contribution in [0.5, 0.6) is 0 Å². The van der Waals surface area contributed by atoms with Crippen molar-refractivity contribution in [2.75, 3.05) is 13.2 Å². The molecule has 24 heavy (non-hydrogen) atoms. The van der Waals surface area contributed by atoms with E-state index in [4.69, 9.17) is 33.8 Å². The van der Waals surface area contributed by atoms with Crippen LogP contribution in [0.15, 0.2) is 12.2 Å². The van der Waals surface area contributed by atoms with Crippen LogP contribution in [0.25, 0.3) is 0 Å². The predicted molar refractivity (Wildman–Crippen MR) is 95.0 cm³/mol. The Morgan fingerprint density at radius 1 is 0.833 bits per heavy atom. The van der Waals surface area contributed by atoms with Crippen molar-refractivity contribution in [2.45, 2.75) is 49.3 Å². The number of rotatable bonds is 6. The topological polar surface area (TPSA) is 71.1 Å². The van der Waals surface area contributed by atoms with Crippen LogP contribution in [0, 0.1) is 0 Å². The van der Waals surface area contributed by atoms with E-state index in [1.807, 2.05) is 0 Å². The quantitative estimate of drug-likeness (QED) is 0.337. The zero-order valence-electron chi connectivity index (χ0n) is 13.8. The maximum atomic E-state index is 11.9. The number of carbonyl (C=O) groups is 2. The number of hydrogen-bond acceptors (Lipinski definition) is 6. The first kappa shape index (κ1) is 19.5. The molecule has 2 heterocycles. The molecule has 4 radical (unpaired) electrons. The van der Waals surface area contributed by atoms with Gasteiger partial charge in [-0.3, -0.25) is 0 Å². The molecule has 0 aliphatic carbocycles. The molecule has 10 heteroatoms. The molecule has 2 atom stereocenters. The first-order valence-electron chi connectivity index (χ1n) is 8.35. The second-order valence-electron chi connectivity index (χ2n) is 6.02. The van der Waals surface area contributed by atoms with Crippen molar-refractivity contribution in [2.24, 2.45) is 0 Å². The summed E-state index contributed by atoms with van der Waals surface area (Å²) in [6, 6.07) is 0. The molecule has 0 aromatic carbocycles. The van der Waals surface area contributed by atoms with Gasteiger partial charge in [-0.25, -0.2) is 9.59 Å². The summed E-state index contributed by atoms with van der Waals surface area (Å²) >= 11 is 0. The molecule has 2 aliphatic heterocycles. The van der Waals surface area contributed by atoms with Crippen LogP contribution in [0.2, 0.25) is 0 Å². The molecule has 2 fully saturated rings. The number of esters is 2. The van der Waals surface area contributed by atoms with E-state index in [0.29, 0.717) is 26.1 Å². The smallest absolute Gasteiger partial charge is 0.333 e. The number of hydrogen-bond donors (Lipinski definition) is 0. The van der Waals surface area contributed by atoms with Crippen molar-refractivity contribution >= 4 is 45.6 Å². The van der Waals surface area contributed by atoms with Crippen molar-refractivity contribution in [1.29, 1.82) is 0 Å². The highest BCUT2D eigenvalue weighted by atomic mass is 28.2. The van der Waals surface area contributed by atoms with Gasteiger partial charge in [-0.2, -0.15) is 0 Å². The minimum absolute atomic E-state index is 0.532. The van der Waals surface area contributed by atoms with Crippen LogP contribution in [0.3, 0.4) is 0 Å². The Labute approximate surface area is 149 Å². The van der Waals surface area contributed by atoms with Crippen LogP contribution in [-0.4, -0.2) is 69.6 Å². The van der Waals surface area contributed by atoms with Crippen LogP contribution in [0.4, 0.5) is 0 Å². The van der Waals surface area contributed by atoms with Gasteiger partial charge in [-0.05, 0) is 25.7 Å². The molecule has 0 bridgehead atoms. The van der Waals surface area contributed by atoms with Gasteiger partial charge in [0, 0.05) is 25.0 Å². The lowest BCUT2D eigenvalue weighted by atomic mass is 10.2. The third kappa shape index (κ3) is 5.33. The third-order valence-corrected chi connectivity index (χ3v) is 6.83. The average molecular weight is 364 g/mol. The van der Waals surface area contributed by atoms with Crippen molar-refractivity contribution in [3.8, 4) is 0 Å². The van der Waals surface area contributed by atoms with E-state index in [1.165, 1.54) is 0 Å². The first-order valence-corrected chi connectivity index (χ1v) is 11.4. The van der Waals surface area contributed by atoms with Crippen molar-refractivity contribution in [3.63, 3.8) is 0 Å². The summed E-state index contributed by atoms with van der Waals surface area (Å²) in [6.07, 6.45) is 6.97. The first-order chi connectivity index (χ1) is 11.5. The zero-order chi connectivity index (χ0) is 17.5. The van der Waals surface area contributed by atoms with Crippen molar-refractivity contribution in [3.05, 3.63) is 12.2 Å². The standard InChI is InChI=1S/C14H22B2O6Si2/c15-23-13(7-1-3-9-19-13)21-11(17)5-6-12(18)22-14(24-16)8-2-4-10-20-14/h5-6H,1-4,7-10,23-24H2/b6-5-. The molecule has 0 amide bonds. The molecule has 0 N–H and O–H groups in total. The Kier molecular flexibility index (Phi) is 7.33. The molecular weight excluding hydrogens is 342 g/mol. The van der Waals surface area contributed by atoms with Gasteiger partial charge in [0.15, 0.2) is 10.8 Å². The van der Waals surface area contributed by atoms with Crippen molar-refractivity contribution < 1.29 is 28.5 Å². The minimum Gasteiger partial charge on any atom is -0.436 e. The van der Waals surface area contributed by atoms with Crippen molar-refractivity contribution in [1.82, 2.24) is 0 Å². The van der Waals surface area contributed by atoms with Gasteiger partial charge in [0.05, 0.1) is 46.9 Å². The summed E-state index contributed by atoms with van der Waals surface area (Å²) < 4.78 is 21.8. The fraction of sp³-hybridized carbons (Fsp3) is 0.714. The highest BCUT2D eigenvalue weighted by molar-refractivity contribution is 6.91. The minimum atomic E-state index is -1.20. The Balaban J connectivity index is 1.87. The molecule has 2 aliphatic rings. The molecule has 2 unspecified atom stereocenters. The van der Waals surface area contributed by atoms with Gasteiger partial charge in [-0.1, -0.05) is 0 Å². The number of carbonyl (C=O) groups excluding carboxylic acids is 2. The highest BCUT2D eigenvalue weighted by Gasteiger charge is 2.35. The molecular formula is C14H22B2O6Si2. The number of ether oxygens (including phenoxy) is 4. The maximum Gasteiger partial charge on any atom is 0.333 e. The van der Waals surface area contributed by atoms with E-state index >= 15 is 0 Å². The van der Waals surface area contributed by atoms with E-state index in [0.717, 1.165) is 37.8 Å². The molecule has 6 nitrogen and oxygen atoms in total. The summed E-state index contributed by atoms with van der Waals surface area (Å²) in [7, 11) is 9.20. The average Bonchev–Trinajstić information content (AvgIpc) is 2.61. The lowest BCUT2D eigenvalue weighted by Crippen LogP contribution is -2.47. The predicted octanol–water partition coefficient (Wildman–Crippen LogP) is -1.16. The van der Waals surface area contributed by atoms with Gasteiger partial charge in [-0.15, -0.1) is 0 Å². The second kappa shape index (κ2) is 9.03. The normalized spacial score (nSPS) is 31.8. The molecule has 2 saturated heterocycles.